The number of rotatable bonds is 0. The molecule has 0 N–H and O–H groups in total. The second-order valence-corrected chi connectivity index (χ2v) is 5.30. The maximum absolute atomic E-state index is 4.59. The Labute approximate surface area is 86.7 Å². The van der Waals surface area contributed by atoms with Gasteiger partial charge in [-0.3, -0.25) is 5.01 Å². The van der Waals surface area contributed by atoms with Crippen LogP contribution in [0.4, 0.5) is 0 Å². The summed E-state index contributed by atoms with van der Waals surface area (Å²) >= 11 is 0. The summed E-state index contributed by atoms with van der Waals surface area (Å²) < 4.78 is 0. The van der Waals surface area contributed by atoms with Crippen molar-refractivity contribution < 1.29 is 0 Å². The Morgan fingerprint density at radius 1 is 1.50 bits per heavy atom. The molecule has 1 saturated heterocycles. The fraction of sp³-hybridized carbons (Fsp3) is 0.750. The van der Waals surface area contributed by atoms with Gasteiger partial charge in [0.05, 0.1) is 11.8 Å². The van der Waals surface area contributed by atoms with E-state index >= 15 is 0 Å². The van der Waals surface area contributed by atoms with Crippen molar-refractivity contribution in [2.75, 3.05) is 6.54 Å². The lowest BCUT2D eigenvalue weighted by molar-refractivity contribution is 0.214. The van der Waals surface area contributed by atoms with E-state index in [-0.39, 0.29) is 0 Å². The highest BCUT2D eigenvalue weighted by atomic mass is 15.5. The molecule has 0 amide bonds. The molecule has 0 saturated carbocycles. The van der Waals surface area contributed by atoms with Crippen LogP contribution in [0.5, 0.6) is 0 Å². The SMILES string of the molecule is CC1=NN2CCCC(C)(C)CC2C=C1. The van der Waals surface area contributed by atoms with E-state index in [9.17, 15) is 0 Å². The Balaban J connectivity index is 2.16. The maximum Gasteiger partial charge on any atom is 0.0659 e. The first-order valence-corrected chi connectivity index (χ1v) is 5.57. The molecule has 14 heavy (non-hydrogen) atoms. The van der Waals surface area contributed by atoms with Crippen LogP contribution in [0.15, 0.2) is 17.3 Å². The smallest absolute Gasteiger partial charge is 0.0659 e. The summed E-state index contributed by atoms with van der Waals surface area (Å²) in [6.07, 6.45) is 8.30. The Kier molecular flexibility index (Phi) is 2.38. The zero-order valence-electron chi connectivity index (χ0n) is 9.45. The largest absolute Gasteiger partial charge is 0.290 e. The zero-order chi connectivity index (χ0) is 10.2. The van der Waals surface area contributed by atoms with Gasteiger partial charge in [0.2, 0.25) is 0 Å². The molecule has 2 heteroatoms. The minimum Gasteiger partial charge on any atom is -0.290 e. The van der Waals surface area contributed by atoms with Crippen LogP contribution < -0.4 is 0 Å². The van der Waals surface area contributed by atoms with Gasteiger partial charge in [0.25, 0.3) is 0 Å². The van der Waals surface area contributed by atoms with Crippen LogP contribution >= 0.6 is 0 Å². The summed E-state index contributed by atoms with van der Waals surface area (Å²) in [6.45, 7) is 7.93. The van der Waals surface area contributed by atoms with E-state index in [1.165, 1.54) is 19.3 Å². The second-order valence-electron chi connectivity index (χ2n) is 5.30. The highest BCUT2D eigenvalue weighted by Gasteiger charge is 2.29. The van der Waals surface area contributed by atoms with Gasteiger partial charge in [-0.2, -0.15) is 5.10 Å². The molecule has 2 heterocycles. The van der Waals surface area contributed by atoms with E-state index in [2.05, 4.69) is 43.0 Å². The van der Waals surface area contributed by atoms with Gasteiger partial charge in [-0.25, -0.2) is 0 Å². The topological polar surface area (TPSA) is 15.6 Å². The van der Waals surface area contributed by atoms with Crippen molar-refractivity contribution in [3.8, 4) is 0 Å². The standard InChI is InChI=1S/C12H20N2/c1-10-5-6-11-9-12(2,3)7-4-8-14(11)13-10/h5-6,11H,4,7-9H2,1-3H3. The number of hydrazone groups is 1. The van der Waals surface area contributed by atoms with Crippen molar-refractivity contribution in [1.29, 1.82) is 0 Å². The molecule has 1 fully saturated rings. The lowest BCUT2D eigenvalue weighted by Crippen LogP contribution is -2.33. The first-order chi connectivity index (χ1) is 6.57. The van der Waals surface area contributed by atoms with E-state index in [0.29, 0.717) is 11.5 Å². The number of nitrogens with zero attached hydrogens (tertiary/aromatic N) is 2. The maximum atomic E-state index is 4.59. The Morgan fingerprint density at radius 2 is 2.29 bits per heavy atom. The van der Waals surface area contributed by atoms with Gasteiger partial charge in [-0.05, 0) is 37.7 Å². The van der Waals surface area contributed by atoms with Crippen molar-refractivity contribution in [2.45, 2.75) is 46.1 Å². The summed E-state index contributed by atoms with van der Waals surface area (Å²) in [5.74, 6) is 0. The van der Waals surface area contributed by atoms with Gasteiger partial charge in [-0.15, -0.1) is 0 Å². The van der Waals surface area contributed by atoms with Crippen LogP contribution in [0.2, 0.25) is 0 Å². The Hall–Kier alpha value is -0.790. The summed E-state index contributed by atoms with van der Waals surface area (Å²) in [4.78, 5) is 0. The molecule has 0 bridgehead atoms. The molecule has 1 atom stereocenters. The first-order valence-electron chi connectivity index (χ1n) is 5.57. The average molecular weight is 192 g/mol. The van der Waals surface area contributed by atoms with E-state index in [4.69, 9.17) is 0 Å². The first kappa shape index (κ1) is 9.75. The van der Waals surface area contributed by atoms with Gasteiger partial charge in [0, 0.05) is 6.54 Å². The van der Waals surface area contributed by atoms with Crippen LogP contribution in [0.3, 0.4) is 0 Å². The number of allylic oxidation sites excluding steroid dienone is 1. The molecule has 0 aromatic rings. The molecule has 0 aromatic heterocycles. The summed E-state index contributed by atoms with van der Waals surface area (Å²) in [6, 6.07) is 0.538. The molecule has 0 aliphatic carbocycles. The molecule has 2 nitrogen and oxygen atoms in total. The number of hydrogen-bond acceptors (Lipinski definition) is 2. The van der Waals surface area contributed by atoms with Gasteiger partial charge < -0.3 is 0 Å². The highest BCUT2D eigenvalue weighted by Crippen LogP contribution is 2.34. The van der Waals surface area contributed by atoms with Crippen LogP contribution in [0, 0.1) is 5.41 Å². The summed E-state index contributed by atoms with van der Waals surface area (Å²) in [7, 11) is 0. The average Bonchev–Trinajstić information content (AvgIpc) is 2.22. The molecular formula is C12H20N2. The van der Waals surface area contributed by atoms with E-state index in [1.54, 1.807) is 0 Å². The van der Waals surface area contributed by atoms with Crippen LogP contribution in [-0.2, 0) is 0 Å². The lowest BCUT2D eigenvalue weighted by Gasteiger charge is -2.31. The number of fused-ring (bicyclic) bond motifs is 1. The molecular weight excluding hydrogens is 172 g/mol. The van der Waals surface area contributed by atoms with E-state index in [1.807, 2.05) is 0 Å². The third kappa shape index (κ3) is 1.99. The van der Waals surface area contributed by atoms with Crippen molar-refractivity contribution in [3.63, 3.8) is 0 Å². The molecule has 78 valence electrons. The van der Waals surface area contributed by atoms with E-state index in [0.717, 1.165) is 12.3 Å². The molecule has 1 unspecified atom stereocenters. The minimum atomic E-state index is 0.477. The molecule has 0 radical (unpaired) electrons. The monoisotopic (exact) mass is 192 g/mol. The fourth-order valence-electron chi connectivity index (χ4n) is 2.44. The number of hydrogen-bond donors (Lipinski definition) is 0. The van der Waals surface area contributed by atoms with E-state index < -0.39 is 0 Å². The second kappa shape index (κ2) is 3.41. The quantitative estimate of drug-likeness (QED) is 0.576. The molecule has 2 aliphatic rings. The predicted octanol–water partition coefficient (Wildman–Crippen LogP) is 2.81. The third-order valence-corrected chi connectivity index (χ3v) is 3.23. The zero-order valence-corrected chi connectivity index (χ0v) is 9.45. The van der Waals surface area contributed by atoms with Crippen LogP contribution in [0.1, 0.15) is 40.0 Å². The third-order valence-electron chi connectivity index (χ3n) is 3.23. The van der Waals surface area contributed by atoms with Gasteiger partial charge in [0.1, 0.15) is 0 Å². The Morgan fingerprint density at radius 3 is 3.07 bits per heavy atom. The molecule has 0 aromatic carbocycles. The van der Waals surface area contributed by atoms with Crippen molar-refractivity contribution in [1.82, 2.24) is 5.01 Å². The normalized spacial score (nSPS) is 30.6. The molecule has 0 spiro atoms. The van der Waals surface area contributed by atoms with Gasteiger partial charge in [-0.1, -0.05) is 19.9 Å². The summed E-state index contributed by atoms with van der Waals surface area (Å²) in [5.41, 5.74) is 1.62. The lowest BCUT2D eigenvalue weighted by atomic mass is 9.82. The predicted molar refractivity (Wildman–Crippen MR) is 60.4 cm³/mol. The highest BCUT2D eigenvalue weighted by molar-refractivity contribution is 5.93. The minimum absolute atomic E-state index is 0.477. The van der Waals surface area contributed by atoms with Crippen LogP contribution in [0.25, 0.3) is 0 Å². The molecule has 2 aliphatic heterocycles. The molecule has 2 rings (SSSR count). The summed E-state index contributed by atoms with van der Waals surface area (Å²) in [5, 5.41) is 6.86. The van der Waals surface area contributed by atoms with Gasteiger partial charge in [0.15, 0.2) is 0 Å². The van der Waals surface area contributed by atoms with Crippen molar-refractivity contribution in [3.05, 3.63) is 12.2 Å². The van der Waals surface area contributed by atoms with Crippen LogP contribution in [-0.4, -0.2) is 23.3 Å². The fourth-order valence-corrected chi connectivity index (χ4v) is 2.44. The van der Waals surface area contributed by atoms with Crippen molar-refractivity contribution in [2.24, 2.45) is 10.5 Å². The van der Waals surface area contributed by atoms with Crippen molar-refractivity contribution >= 4 is 5.71 Å². The van der Waals surface area contributed by atoms with Gasteiger partial charge >= 0.3 is 0 Å². The Bertz CT molecular complexity index is 276.